The van der Waals surface area contributed by atoms with Gasteiger partial charge in [0.1, 0.15) is 16.4 Å². The van der Waals surface area contributed by atoms with E-state index in [2.05, 4.69) is 26.3 Å². The van der Waals surface area contributed by atoms with Crippen LogP contribution in [0.2, 0.25) is 0 Å². The fraction of sp³-hybridized carbons (Fsp3) is 0.125. The van der Waals surface area contributed by atoms with E-state index in [0.29, 0.717) is 5.88 Å². The van der Waals surface area contributed by atoms with Crippen LogP contribution in [-0.4, -0.2) is 25.0 Å². The van der Waals surface area contributed by atoms with E-state index in [1.165, 1.54) is 0 Å². The number of hydrogen-bond donors (Lipinski definition) is 0. The molecule has 2 heterocycles. The van der Waals surface area contributed by atoms with Gasteiger partial charge in [-0.1, -0.05) is 47.3 Å². The van der Waals surface area contributed by atoms with E-state index in [0.717, 1.165) is 32.8 Å². The molecule has 22 heavy (non-hydrogen) atoms. The maximum absolute atomic E-state index is 4.57. The number of rotatable bonds is 3. The van der Waals surface area contributed by atoms with Crippen LogP contribution < -0.4 is 0 Å². The van der Waals surface area contributed by atoms with Crippen LogP contribution in [0.15, 0.2) is 53.6 Å². The number of aromatic nitrogens is 5. The van der Waals surface area contributed by atoms with E-state index >= 15 is 0 Å². The van der Waals surface area contributed by atoms with Crippen LogP contribution in [0.1, 0.15) is 5.82 Å². The molecule has 0 spiro atoms. The number of thioether (sulfide) groups is 1. The van der Waals surface area contributed by atoms with Crippen molar-refractivity contribution in [2.75, 3.05) is 0 Å². The maximum Gasteiger partial charge on any atom is 0.127 e. The normalized spacial score (nSPS) is 11.3. The van der Waals surface area contributed by atoms with Crippen molar-refractivity contribution in [2.45, 2.75) is 17.8 Å². The van der Waals surface area contributed by atoms with Crippen molar-refractivity contribution in [1.29, 1.82) is 0 Å². The van der Waals surface area contributed by atoms with Gasteiger partial charge in [-0.25, -0.2) is 14.6 Å². The van der Waals surface area contributed by atoms with E-state index in [-0.39, 0.29) is 0 Å². The standard InChI is InChI=1S/C16H13N5S/c1-11-17-13-7-3-2-6-12(13)16(18-11)22-10-21-15-9-5-4-8-14(15)19-20-21/h2-9H,10H2,1H3. The van der Waals surface area contributed by atoms with Crippen LogP contribution in [-0.2, 0) is 5.88 Å². The zero-order valence-electron chi connectivity index (χ0n) is 12.0. The van der Waals surface area contributed by atoms with Crippen molar-refractivity contribution < 1.29 is 0 Å². The van der Waals surface area contributed by atoms with E-state index in [4.69, 9.17) is 0 Å². The summed E-state index contributed by atoms with van der Waals surface area (Å²) in [5.41, 5.74) is 2.91. The lowest BCUT2D eigenvalue weighted by Crippen LogP contribution is -1.99. The van der Waals surface area contributed by atoms with E-state index in [1.807, 2.05) is 54.1 Å². The second kappa shape index (κ2) is 5.38. The molecule has 0 N–H and O–H groups in total. The van der Waals surface area contributed by atoms with E-state index in [1.54, 1.807) is 11.8 Å². The summed E-state index contributed by atoms with van der Waals surface area (Å²) >= 11 is 1.65. The molecule has 0 aliphatic rings. The largest absolute Gasteiger partial charge is 0.234 e. The van der Waals surface area contributed by atoms with Gasteiger partial charge in [-0.15, -0.1) is 5.10 Å². The molecule has 5 nitrogen and oxygen atoms in total. The number of hydrogen-bond acceptors (Lipinski definition) is 5. The van der Waals surface area contributed by atoms with Gasteiger partial charge in [0.15, 0.2) is 0 Å². The molecule has 6 heteroatoms. The van der Waals surface area contributed by atoms with Gasteiger partial charge in [0.25, 0.3) is 0 Å². The molecule has 108 valence electrons. The minimum absolute atomic E-state index is 0.668. The Hall–Kier alpha value is -2.47. The molecule has 2 aromatic heterocycles. The van der Waals surface area contributed by atoms with Gasteiger partial charge in [0.2, 0.25) is 0 Å². The van der Waals surface area contributed by atoms with E-state index in [9.17, 15) is 0 Å². The van der Waals surface area contributed by atoms with Gasteiger partial charge in [0.05, 0.1) is 16.9 Å². The van der Waals surface area contributed by atoms with Gasteiger partial charge in [-0.2, -0.15) is 0 Å². The summed E-state index contributed by atoms with van der Waals surface area (Å²) in [5, 5.41) is 10.4. The monoisotopic (exact) mass is 307 g/mol. The lowest BCUT2D eigenvalue weighted by molar-refractivity contribution is 0.722. The van der Waals surface area contributed by atoms with Crippen LogP contribution in [0.3, 0.4) is 0 Å². The molecule has 0 atom stereocenters. The SMILES string of the molecule is Cc1nc(SCn2nnc3ccccc32)c2ccccc2n1. The summed E-state index contributed by atoms with van der Waals surface area (Å²) in [6, 6.07) is 16.0. The zero-order chi connectivity index (χ0) is 14.9. The van der Waals surface area contributed by atoms with Crippen molar-refractivity contribution in [3.05, 3.63) is 54.4 Å². The molecule has 0 amide bonds. The Balaban J connectivity index is 1.69. The van der Waals surface area contributed by atoms with Gasteiger partial charge in [-0.05, 0) is 25.1 Å². The van der Waals surface area contributed by atoms with Crippen molar-refractivity contribution in [3.8, 4) is 0 Å². The third-order valence-corrected chi connectivity index (χ3v) is 4.38. The molecule has 0 radical (unpaired) electrons. The topological polar surface area (TPSA) is 56.5 Å². The highest BCUT2D eigenvalue weighted by Gasteiger charge is 2.08. The third kappa shape index (κ3) is 2.31. The Morgan fingerprint density at radius 2 is 1.73 bits per heavy atom. The highest BCUT2D eigenvalue weighted by molar-refractivity contribution is 7.98. The first-order valence-electron chi connectivity index (χ1n) is 6.96. The van der Waals surface area contributed by atoms with Crippen molar-refractivity contribution in [1.82, 2.24) is 25.0 Å². The molecule has 0 aliphatic carbocycles. The Morgan fingerprint density at radius 3 is 2.64 bits per heavy atom. The minimum Gasteiger partial charge on any atom is -0.234 e. The Morgan fingerprint density at radius 1 is 0.955 bits per heavy atom. The lowest BCUT2D eigenvalue weighted by Gasteiger charge is -2.06. The second-order valence-corrected chi connectivity index (χ2v) is 5.88. The van der Waals surface area contributed by atoms with Crippen LogP contribution in [0.5, 0.6) is 0 Å². The summed E-state index contributed by atoms with van der Waals surface area (Å²) in [7, 11) is 0. The molecule has 4 rings (SSSR count). The molecule has 0 aliphatic heterocycles. The Kier molecular flexibility index (Phi) is 3.23. The maximum atomic E-state index is 4.57. The number of aryl methyl sites for hydroxylation is 1. The minimum atomic E-state index is 0.668. The smallest absolute Gasteiger partial charge is 0.127 e. The van der Waals surface area contributed by atoms with Gasteiger partial charge in [-0.3, -0.25) is 0 Å². The van der Waals surface area contributed by atoms with Crippen molar-refractivity contribution >= 4 is 33.7 Å². The molecule has 4 aromatic rings. The number of para-hydroxylation sites is 2. The number of fused-ring (bicyclic) bond motifs is 2. The Bertz CT molecular complexity index is 963. The number of benzene rings is 2. The van der Waals surface area contributed by atoms with Gasteiger partial charge in [0, 0.05) is 5.39 Å². The molecule has 2 aromatic carbocycles. The van der Waals surface area contributed by atoms with Crippen molar-refractivity contribution in [3.63, 3.8) is 0 Å². The first-order chi connectivity index (χ1) is 10.8. The first-order valence-corrected chi connectivity index (χ1v) is 7.94. The lowest BCUT2D eigenvalue weighted by atomic mass is 10.2. The highest BCUT2D eigenvalue weighted by atomic mass is 32.2. The first kappa shape index (κ1) is 13.2. The van der Waals surface area contributed by atoms with E-state index < -0.39 is 0 Å². The predicted molar refractivity (Wildman–Crippen MR) is 87.7 cm³/mol. The fourth-order valence-electron chi connectivity index (χ4n) is 2.40. The summed E-state index contributed by atoms with van der Waals surface area (Å²) in [4.78, 5) is 9.04. The Labute approximate surface area is 131 Å². The van der Waals surface area contributed by atoms with Crippen LogP contribution in [0.4, 0.5) is 0 Å². The van der Waals surface area contributed by atoms with Gasteiger partial charge >= 0.3 is 0 Å². The summed E-state index contributed by atoms with van der Waals surface area (Å²) in [6.07, 6.45) is 0. The third-order valence-electron chi connectivity index (χ3n) is 3.42. The summed E-state index contributed by atoms with van der Waals surface area (Å²) in [6.45, 7) is 1.92. The average Bonchev–Trinajstić information content (AvgIpc) is 2.96. The predicted octanol–water partition coefficient (Wildman–Crippen LogP) is 3.43. The molecule has 0 bridgehead atoms. The summed E-state index contributed by atoms with van der Waals surface area (Å²) < 4.78 is 1.90. The molecular formula is C16H13N5S. The zero-order valence-corrected chi connectivity index (χ0v) is 12.8. The van der Waals surface area contributed by atoms with Crippen LogP contribution >= 0.6 is 11.8 Å². The quantitative estimate of drug-likeness (QED) is 0.429. The number of nitrogens with zero attached hydrogens (tertiary/aromatic N) is 5. The second-order valence-electron chi connectivity index (χ2n) is 4.94. The van der Waals surface area contributed by atoms with Gasteiger partial charge < -0.3 is 0 Å². The molecule has 0 unspecified atom stereocenters. The summed E-state index contributed by atoms with van der Waals surface area (Å²) in [5.74, 6) is 1.45. The molecule has 0 saturated heterocycles. The molecular weight excluding hydrogens is 294 g/mol. The van der Waals surface area contributed by atoms with Crippen LogP contribution in [0.25, 0.3) is 21.9 Å². The molecule has 0 fully saturated rings. The average molecular weight is 307 g/mol. The van der Waals surface area contributed by atoms with Crippen LogP contribution in [0, 0.1) is 6.92 Å². The fourth-order valence-corrected chi connectivity index (χ4v) is 3.36. The van der Waals surface area contributed by atoms with Crippen molar-refractivity contribution in [2.24, 2.45) is 0 Å². The highest BCUT2D eigenvalue weighted by Crippen LogP contribution is 2.27. The molecule has 0 saturated carbocycles.